The molecule has 3 aromatic heterocycles. The number of ether oxygens (including phenoxy) is 1. The van der Waals surface area contributed by atoms with Crippen LogP contribution in [0, 0.1) is 6.92 Å². The highest BCUT2D eigenvalue weighted by Gasteiger charge is 2.16. The van der Waals surface area contributed by atoms with Gasteiger partial charge in [-0.3, -0.25) is 0 Å². The van der Waals surface area contributed by atoms with Gasteiger partial charge in [-0.1, -0.05) is 18.2 Å². The maximum Gasteiger partial charge on any atom is 0.212 e. The van der Waals surface area contributed by atoms with E-state index in [4.69, 9.17) is 14.8 Å². The average molecular weight is 360 g/mol. The summed E-state index contributed by atoms with van der Waals surface area (Å²) in [5.74, 6) is 1.91. The highest BCUT2D eigenvalue weighted by molar-refractivity contribution is 5.59. The third-order valence-corrected chi connectivity index (χ3v) is 4.36. The zero-order chi connectivity index (χ0) is 18.8. The van der Waals surface area contributed by atoms with Crippen LogP contribution in [0.25, 0.3) is 28.6 Å². The molecule has 0 unspecified atom stereocenters. The van der Waals surface area contributed by atoms with Gasteiger partial charge in [0.1, 0.15) is 5.69 Å². The van der Waals surface area contributed by atoms with Crippen molar-refractivity contribution in [3.05, 3.63) is 60.4 Å². The van der Waals surface area contributed by atoms with E-state index < -0.39 is 0 Å². The Bertz CT molecular complexity index is 1060. The van der Waals surface area contributed by atoms with Crippen molar-refractivity contribution in [2.45, 2.75) is 20.4 Å². The Hall–Kier alpha value is -3.48. The number of hydrogen-bond donors (Lipinski definition) is 0. The summed E-state index contributed by atoms with van der Waals surface area (Å²) >= 11 is 0. The number of hydrogen-bond acceptors (Lipinski definition) is 5. The topological polar surface area (TPSA) is 70.7 Å². The van der Waals surface area contributed by atoms with Crippen LogP contribution in [0.2, 0.25) is 0 Å². The first-order valence-electron chi connectivity index (χ1n) is 8.77. The normalized spacial score (nSPS) is 10.9. The fourth-order valence-corrected chi connectivity index (χ4v) is 2.91. The molecule has 4 rings (SSSR count). The maximum absolute atomic E-state index is 5.11. The minimum absolute atomic E-state index is 0.561. The zero-order valence-electron chi connectivity index (χ0n) is 15.5. The molecule has 3 heterocycles. The van der Waals surface area contributed by atoms with Gasteiger partial charge in [0.05, 0.1) is 12.8 Å². The number of para-hydroxylation sites is 1. The van der Waals surface area contributed by atoms with E-state index in [0.717, 1.165) is 28.3 Å². The first kappa shape index (κ1) is 17.0. The van der Waals surface area contributed by atoms with E-state index in [1.807, 2.05) is 52.8 Å². The van der Waals surface area contributed by atoms with E-state index in [9.17, 15) is 0 Å². The molecule has 0 saturated carbocycles. The summed E-state index contributed by atoms with van der Waals surface area (Å²) in [6.07, 6.45) is 3.66. The van der Waals surface area contributed by atoms with Gasteiger partial charge in [-0.05, 0) is 37.6 Å². The second kappa shape index (κ2) is 7.03. The zero-order valence-corrected chi connectivity index (χ0v) is 15.5. The van der Waals surface area contributed by atoms with Gasteiger partial charge in [0.2, 0.25) is 5.88 Å². The van der Waals surface area contributed by atoms with Gasteiger partial charge in [0.25, 0.3) is 0 Å². The van der Waals surface area contributed by atoms with Gasteiger partial charge in [-0.25, -0.2) is 19.3 Å². The Labute approximate surface area is 157 Å². The number of aryl methyl sites for hydroxylation is 2. The van der Waals surface area contributed by atoms with Gasteiger partial charge >= 0.3 is 0 Å². The molecule has 0 N–H and O–H groups in total. The fourth-order valence-electron chi connectivity index (χ4n) is 2.91. The molecule has 0 aliphatic heterocycles. The highest BCUT2D eigenvalue weighted by Crippen LogP contribution is 2.23. The van der Waals surface area contributed by atoms with Crippen molar-refractivity contribution in [1.82, 2.24) is 29.5 Å². The van der Waals surface area contributed by atoms with Crippen molar-refractivity contribution in [1.29, 1.82) is 0 Å². The van der Waals surface area contributed by atoms with E-state index in [1.165, 1.54) is 0 Å². The highest BCUT2D eigenvalue weighted by atomic mass is 16.5. The predicted molar refractivity (Wildman–Crippen MR) is 103 cm³/mol. The molecule has 0 atom stereocenters. The summed E-state index contributed by atoms with van der Waals surface area (Å²) in [6.45, 7) is 4.80. The Kier molecular flexibility index (Phi) is 4.42. The molecule has 0 amide bonds. The first-order valence-corrected chi connectivity index (χ1v) is 8.77. The lowest BCUT2D eigenvalue weighted by atomic mass is 10.2. The van der Waals surface area contributed by atoms with E-state index in [2.05, 4.69) is 23.1 Å². The number of nitrogens with zero attached hydrogens (tertiary/aromatic N) is 6. The number of pyridine rings is 1. The monoisotopic (exact) mass is 360 g/mol. The summed E-state index contributed by atoms with van der Waals surface area (Å²) in [6, 6.07) is 13.8. The molecule has 0 bridgehead atoms. The number of benzene rings is 1. The smallest absolute Gasteiger partial charge is 0.212 e. The number of methoxy groups -OCH3 is 1. The summed E-state index contributed by atoms with van der Waals surface area (Å²) in [5, 5.41) is 9.32. The molecule has 7 heteroatoms. The summed E-state index contributed by atoms with van der Waals surface area (Å²) in [5.41, 5.74) is 3.82. The second-order valence-corrected chi connectivity index (χ2v) is 6.10. The van der Waals surface area contributed by atoms with E-state index in [0.29, 0.717) is 18.2 Å². The summed E-state index contributed by atoms with van der Waals surface area (Å²) in [4.78, 5) is 8.93. The molecular weight excluding hydrogens is 340 g/mol. The van der Waals surface area contributed by atoms with Crippen LogP contribution in [0.1, 0.15) is 12.5 Å². The molecule has 1 aromatic carbocycles. The first-order chi connectivity index (χ1) is 13.2. The standard InChI is InChI=1S/C20H20N6O/c1-4-25-20(22-19(24-25)15-9-10-18(27-3)21-13-15)16-11-12-26(23-16)17-8-6-5-7-14(17)2/h5-13H,4H2,1-3H3. The largest absolute Gasteiger partial charge is 0.481 e. The van der Waals surface area contributed by atoms with Crippen molar-refractivity contribution >= 4 is 0 Å². The molecule has 0 aliphatic carbocycles. The molecule has 27 heavy (non-hydrogen) atoms. The minimum Gasteiger partial charge on any atom is -0.481 e. The van der Waals surface area contributed by atoms with Crippen molar-refractivity contribution in [2.75, 3.05) is 7.11 Å². The van der Waals surface area contributed by atoms with Crippen LogP contribution in [0.5, 0.6) is 5.88 Å². The van der Waals surface area contributed by atoms with Crippen LogP contribution in [0.3, 0.4) is 0 Å². The second-order valence-electron chi connectivity index (χ2n) is 6.10. The van der Waals surface area contributed by atoms with Gasteiger partial charge in [0.15, 0.2) is 11.6 Å². The van der Waals surface area contributed by atoms with Crippen LogP contribution >= 0.6 is 0 Å². The Morgan fingerprint density at radius 1 is 1.04 bits per heavy atom. The van der Waals surface area contributed by atoms with Crippen LogP contribution in [-0.2, 0) is 6.54 Å². The van der Waals surface area contributed by atoms with Gasteiger partial charge in [-0.15, -0.1) is 0 Å². The van der Waals surface area contributed by atoms with Crippen LogP contribution < -0.4 is 4.74 Å². The van der Waals surface area contributed by atoms with E-state index in [-0.39, 0.29) is 0 Å². The van der Waals surface area contributed by atoms with Crippen molar-refractivity contribution in [3.63, 3.8) is 0 Å². The lowest BCUT2D eigenvalue weighted by Crippen LogP contribution is -2.02. The molecule has 0 aliphatic rings. The quantitative estimate of drug-likeness (QED) is 0.544. The number of rotatable bonds is 5. The summed E-state index contributed by atoms with van der Waals surface area (Å²) in [7, 11) is 1.59. The average Bonchev–Trinajstić information content (AvgIpc) is 3.35. The SMILES string of the molecule is CCn1nc(-c2ccc(OC)nc2)nc1-c1ccn(-c2ccccc2C)n1. The van der Waals surface area contributed by atoms with Crippen molar-refractivity contribution in [3.8, 4) is 34.5 Å². The molecule has 136 valence electrons. The predicted octanol–water partition coefficient (Wildman–Crippen LogP) is 3.53. The molecule has 4 aromatic rings. The van der Waals surface area contributed by atoms with E-state index >= 15 is 0 Å². The lowest BCUT2D eigenvalue weighted by Gasteiger charge is -2.04. The minimum atomic E-state index is 0.561. The molecule has 0 fully saturated rings. The van der Waals surface area contributed by atoms with Crippen molar-refractivity contribution in [2.24, 2.45) is 0 Å². The van der Waals surface area contributed by atoms with Crippen LogP contribution in [0.15, 0.2) is 54.9 Å². The van der Waals surface area contributed by atoms with Gasteiger partial charge < -0.3 is 4.74 Å². The van der Waals surface area contributed by atoms with Crippen molar-refractivity contribution < 1.29 is 4.74 Å². The Morgan fingerprint density at radius 3 is 2.59 bits per heavy atom. The number of aromatic nitrogens is 6. The Balaban J connectivity index is 1.72. The third kappa shape index (κ3) is 3.19. The molecular formula is C20H20N6O. The van der Waals surface area contributed by atoms with Gasteiger partial charge in [0, 0.05) is 30.6 Å². The molecule has 0 saturated heterocycles. The van der Waals surface area contributed by atoms with E-state index in [1.54, 1.807) is 19.4 Å². The fraction of sp³-hybridized carbons (Fsp3) is 0.200. The van der Waals surface area contributed by atoms with Crippen LogP contribution in [0.4, 0.5) is 0 Å². The Morgan fingerprint density at radius 2 is 1.89 bits per heavy atom. The lowest BCUT2D eigenvalue weighted by molar-refractivity contribution is 0.398. The third-order valence-electron chi connectivity index (χ3n) is 4.36. The maximum atomic E-state index is 5.11. The summed E-state index contributed by atoms with van der Waals surface area (Å²) < 4.78 is 8.83. The molecule has 0 spiro atoms. The molecule has 0 radical (unpaired) electrons. The molecule has 7 nitrogen and oxygen atoms in total. The van der Waals surface area contributed by atoms with Gasteiger partial charge in [-0.2, -0.15) is 10.2 Å². The van der Waals surface area contributed by atoms with Crippen LogP contribution in [-0.4, -0.2) is 36.6 Å².